The number of nitrogens with zero attached hydrogens (tertiary/aromatic N) is 2. The first-order valence-corrected chi connectivity index (χ1v) is 6.55. The highest BCUT2D eigenvalue weighted by molar-refractivity contribution is 5.81. The van der Waals surface area contributed by atoms with Crippen LogP contribution in [0.1, 0.15) is 27.7 Å². The van der Waals surface area contributed by atoms with E-state index in [4.69, 9.17) is 4.74 Å². The molecule has 0 spiro atoms. The summed E-state index contributed by atoms with van der Waals surface area (Å²) >= 11 is 0. The second kappa shape index (κ2) is 5.77. The van der Waals surface area contributed by atoms with Crippen LogP contribution in [0.5, 0.6) is 0 Å². The molecule has 1 aliphatic heterocycles. The molecule has 0 aromatic carbocycles. The topological polar surface area (TPSA) is 61.9 Å². The van der Waals surface area contributed by atoms with Crippen molar-refractivity contribution in [1.82, 2.24) is 15.1 Å². The van der Waals surface area contributed by atoms with Gasteiger partial charge in [0.25, 0.3) is 0 Å². The van der Waals surface area contributed by atoms with E-state index >= 15 is 0 Å². The van der Waals surface area contributed by atoms with Gasteiger partial charge in [-0.15, -0.1) is 0 Å². The number of likely N-dealkylation sites (N-methyl/N-ethyl adjacent to an activating group) is 1. The highest BCUT2D eigenvalue weighted by atomic mass is 16.6. The summed E-state index contributed by atoms with van der Waals surface area (Å²) in [5.74, 6) is 0.0377. The van der Waals surface area contributed by atoms with E-state index in [-0.39, 0.29) is 24.1 Å². The van der Waals surface area contributed by atoms with E-state index in [9.17, 15) is 9.59 Å². The zero-order valence-electron chi connectivity index (χ0n) is 12.7. The summed E-state index contributed by atoms with van der Waals surface area (Å²) in [6.45, 7) is 8.53. The molecule has 1 heterocycles. The van der Waals surface area contributed by atoms with Gasteiger partial charge in [-0.25, -0.2) is 4.79 Å². The van der Waals surface area contributed by atoms with Gasteiger partial charge in [0.1, 0.15) is 5.60 Å². The maximum absolute atomic E-state index is 11.7. The van der Waals surface area contributed by atoms with Crippen molar-refractivity contribution in [1.29, 1.82) is 0 Å². The third kappa shape index (κ3) is 4.70. The van der Waals surface area contributed by atoms with Crippen LogP contribution < -0.4 is 5.32 Å². The van der Waals surface area contributed by atoms with E-state index in [2.05, 4.69) is 5.32 Å². The Bertz CT molecular complexity index is 344. The Morgan fingerprint density at radius 3 is 2.26 bits per heavy atom. The van der Waals surface area contributed by atoms with Gasteiger partial charge in [-0.2, -0.15) is 0 Å². The minimum atomic E-state index is -0.468. The van der Waals surface area contributed by atoms with E-state index in [0.717, 1.165) is 0 Å². The lowest BCUT2D eigenvalue weighted by Gasteiger charge is -2.41. The minimum absolute atomic E-state index is 0.0377. The lowest BCUT2D eigenvalue weighted by molar-refractivity contribution is -0.130. The van der Waals surface area contributed by atoms with Crippen molar-refractivity contribution >= 4 is 12.0 Å². The van der Waals surface area contributed by atoms with Crippen molar-refractivity contribution in [2.75, 3.05) is 27.2 Å². The first kappa shape index (κ1) is 15.8. The minimum Gasteiger partial charge on any atom is -0.444 e. The first-order valence-electron chi connectivity index (χ1n) is 6.55. The van der Waals surface area contributed by atoms with Crippen LogP contribution in [0.3, 0.4) is 0 Å². The number of hydrogen-bond acceptors (Lipinski definition) is 4. The fourth-order valence-corrected chi connectivity index (χ4v) is 1.87. The largest absolute Gasteiger partial charge is 0.444 e. The van der Waals surface area contributed by atoms with Crippen LogP contribution in [0.15, 0.2) is 0 Å². The van der Waals surface area contributed by atoms with Gasteiger partial charge >= 0.3 is 6.09 Å². The van der Waals surface area contributed by atoms with Crippen LogP contribution in [-0.4, -0.2) is 66.7 Å². The van der Waals surface area contributed by atoms with Crippen molar-refractivity contribution in [2.45, 2.75) is 45.4 Å². The predicted octanol–water partition coefficient (Wildman–Crippen LogP) is 0.672. The Hall–Kier alpha value is -1.30. The van der Waals surface area contributed by atoms with Crippen LogP contribution in [0.4, 0.5) is 4.79 Å². The third-order valence-electron chi connectivity index (χ3n) is 2.83. The Kier molecular flexibility index (Phi) is 4.79. The molecule has 6 heteroatoms. The average molecular weight is 271 g/mol. The Balaban J connectivity index is 2.31. The van der Waals surface area contributed by atoms with Gasteiger partial charge in [-0.05, 0) is 27.7 Å². The Morgan fingerprint density at radius 1 is 1.32 bits per heavy atom. The molecule has 1 N–H and O–H groups in total. The number of carbonyl (C=O) groups is 2. The van der Waals surface area contributed by atoms with Gasteiger partial charge in [0, 0.05) is 33.2 Å². The van der Waals surface area contributed by atoms with Gasteiger partial charge in [0.15, 0.2) is 0 Å². The summed E-state index contributed by atoms with van der Waals surface area (Å²) in [4.78, 5) is 26.6. The van der Waals surface area contributed by atoms with Crippen LogP contribution in [0, 0.1) is 0 Å². The van der Waals surface area contributed by atoms with Crippen LogP contribution in [0.25, 0.3) is 0 Å². The summed E-state index contributed by atoms with van der Waals surface area (Å²) in [5, 5.41) is 3.20. The zero-order chi connectivity index (χ0) is 14.8. The van der Waals surface area contributed by atoms with Crippen molar-refractivity contribution in [3.63, 3.8) is 0 Å². The molecule has 1 atom stereocenters. The number of carbonyl (C=O) groups excluding carboxylic acids is 2. The van der Waals surface area contributed by atoms with Crippen LogP contribution in [0.2, 0.25) is 0 Å². The zero-order valence-corrected chi connectivity index (χ0v) is 12.7. The lowest BCUT2D eigenvalue weighted by Crippen LogP contribution is -2.63. The molecule has 0 radical (unpaired) electrons. The summed E-state index contributed by atoms with van der Waals surface area (Å²) in [6, 6.07) is -0.0767. The molecule has 0 aromatic rings. The molecule has 1 aliphatic rings. The van der Waals surface area contributed by atoms with Crippen LogP contribution >= 0.6 is 0 Å². The van der Waals surface area contributed by atoms with Crippen LogP contribution in [-0.2, 0) is 9.53 Å². The predicted molar refractivity (Wildman–Crippen MR) is 72.9 cm³/mol. The van der Waals surface area contributed by atoms with E-state index in [1.165, 1.54) is 0 Å². The standard InChI is InChI=1S/C13H25N3O3/c1-9(11(17)15(5)6)14-10-7-16(8-10)12(18)19-13(2,3)4/h9-10,14H,7-8H2,1-6H3. The molecule has 6 nitrogen and oxygen atoms in total. The van der Waals surface area contributed by atoms with E-state index in [0.29, 0.717) is 13.1 Å². The molecule has 19 heavy (non-hydrogen) atoms. The van der Waals surface area contributed by atoms with Gasteiger partial charge < -0.3 is 14.5 Å². The molecule has 1 rings (SSSR count). The third-order valence-corrected chi connectivity index (χ3v) is 2.83. The SMILES string of the molecule is CC(NC1CN(C(=O)OC(C)(C)C)C1)C(=O)N(C)C. The fraction of sp³-hybridized carbons (Fsp3) is 0.846. The number of likely N-dealkylation sites (tertiary alicyclic amines) is 1. The van der Waals surface area contributed by atoms with Gasteiger partial charge in [0.05, 0.1) is 6.04 Å². The second-order valence-corrected chi connectivity index (χ2v) is 6.20. The number of rotatable bonds is 3. The Morgan fingerprint density at radius 2 is 1.84 bits per heavy atom. The number of nitrogens with one attached hydrogen (secondary N) is 1. The molecule has 0 aromatic heterocycles. The first-order chi connectivity index (χ1) is 8.60. The maximum atomic E-state index is 11.7. The molecular formula is C13H25N3O3. The normalized spacial score (nSPS) is 17.7. The molecule has 0 saturated carbocycles. The fourth-order valence-electron chi connectivity index (χ4n) is 1.87. The average Bonchev–Trinajstić information content (AvgIpc) is 2.18. The molecule has 0 aliphatic carbocycles. The molecule has 0 bridgehead atoms. The van der Waals surface area contributed by atoms with E-state index < -0.39 is 5.60 Å². The van der Waals surface area contributed by atoms with Crippen molar-refractivity contribution in [3.8, 4) is 0 Å². The monoisotopic (exact) mass is 271 g/mol. The van der Waals surface area contributed by atoms with Gasteiger partial charge in [-0.3, -0.25) is 10.1 Å². The maximum Gasteiger partial charge on any atom is 0.410 e. The van der Waals surface area contributed by atoms with E-state index in [1.807, 2.05) is 27.7 Å². The molecule has 110 valence electrons. The summed E-state index contributed by atoms with van der Waals surface area (Å²) in [7, 11) is 3.46. The summed E-state index contributed by atoms with van der Waals surface area (Å²) in [5.41, 5.74) is -0.468. The van der Waals surface area contributed by atoms with Crippen molar-refractivity contribution in [2.24, 2.45) is 0 Å². The summed E-state index contributed by atoms with van der Waals surface area (Å²) < 4.78 is 5.26. The highest BCUT2D eigenvalue weighted by Crippen LogP contribution is 2.15. The molecule has 1 unspecified atom stereocenters. The summed E-state index contributed by atoms with van der Waals surface area (Å²) in [6.07, 6.45) is -0.294. The smallest absolute Gasteiger partial charge is 0.410 e. The molecule has 1 saturated heterocycles. The molecule has 1 fully saturated rings. The highest BCUT2D eigenvalue weighted by Gasteiger charge is 2.35. The second-order valence-electron chi connectivity index (χ2n) is 6.20. The van der Waals surface area contributed by atoms with E-state index in [1.54, 1.807) is 23.9 Å². The number of amides is 2. The molecular weight excluding hydrogens is 246 g/mol. The van der Waals surface area contributed by atoms with Gasteiger partial charge in [-0.1, -0.05) is 0 Å². The van der Waals surface area contributed by atoms with Gasteiger partial charge in [0.2, 0.25) is 5.91 Å². The van der Waals surface area contributed by atoms with Crippen molar-refractivity contribution in [3.05, 3.63) is 0 Å². The molecule has 2 amide bonds. The van der Waals surface area contributed by atoms with Crippen molar-refractivity contribution < 1.29 is 14.3 Å². The quantitative estimate of drug-likeness (QED) is 0.819. The Labute approximate surface area is 115 Å². The number of ether oxygens (including phenoxy) is 1. The number of hydrogen-bond donors (Lipinski definition) is 1. The lowest BCUT2D eigenvalue weighted by atomic mass is 10.1.